The number of hydrogen-bond donors (Lipinski definition) is 0. The Hall–Kier alpha value is -0.860. The van der Waals surface area contributed by atoms with Crippen molar-refractivity contribution < 1.29 is 14.3 Å². The van der Waals surface area contributed by atoms with Crippen LogP contribution in [0.25, 0.3) is 0 Å². The first-order valence-electron chi connectivity index (χ1n) is 4.46. The van der Waals surface area contributed by atoms with E-state index in [1.54, 1.807) is 0 Å². The highest BCUT2D eigenvalue weighted by atomic mass is 16.5. The van der Waals surface area contributed by atoms with Crippen molar-refractivity contribution >= 4 is 11.8 Å². The van der Waals surface area contributed by atoms with Gasteiger partial charge >= 0.3 is 5.97 Å². The molecule has 0 spiro atoms. The molecule has 3 heteroatoms. The first-order valence-corrected chi connectivity index (χ1v) is 4.46. The van der Waals surface area contributed by atoms with Gasteiger partial charge < -0.3 is 4.74 Å². The predicted molar refractivity (Wildman–Crippen MR) is 54.0 cm³/mol. The summed E-state index contributed by atoms with van der Waals surface area (Å²) in [7, 11) is 1.29. The van der Waals surface area contributed by atoms with Crippen molar-refractivity contribution in [2.75, 3.05) is 7.11 Å². The molecule has 0 aromatic heterocycles. The molecule has 3 radical (unpaired) electrons. The van der Waals surface area contributed by atoms with Gasteiger partial charge in [0.2, 0.25) is 0 Å². The number of ketones is 1. The normalized spacial score (nSPS) is 13.1. The summed E-state index contributed by atoms with van der Waals surface area (Å²) in [5, 5.41) is 0. The van der Waals surface area contributed by atoms with E-state index in [1.165, 1.54) is 14.0 Å². The summed E-state index contributed by atoms with van der Waals surface area (Å²) in [6.07, 6.45) is 0.400. The molecular formula is C11H17O3. The minimum Gasteiger partial charge on any atom is -0.468 e. The highest BCUT2D eigenvalue weighted by Gasteiger charge is 2.27. The fourth-order valence-electron chi connectivity index (χ4n) is 1.02. The van der Waals surface area contributed by atoms with E-state index in [1.807, 2.05) is 13.8 Å². The SMILES string of the molecule is [CH2][C](C)[C](C)CC(C(C)=O)C(=O)OC. The van der Waals surface area contributed by atoms with Crippen LogP contribution in [-0.2, 0) is 14.3 Å². The number of rotatable bonds is 5. The lowest BCUT2D eigenvalue weighted by Crippen LogP contribution is -2.25. The second-order valence-electron chi connectivity index (χ2n) is 3.45. The zero-order valence-corrected chi connectivity index (χ0v) is 9.22. The molecule has 0 saturated carbocycles. The van der Waals surface area contributed by atoms with E-state index >= 15 is 0 Å². The number of carbonyl (C=O) groups excluding carboxylic acids is 2. The van der Waals surface area contributed by atoms with Crippen LogP contribution >= 0.6 is 0 Å². The summed E-state index contributed by atoms with van der Waals surface area (Å²) < 4.78 is 4.55. The van der Waals surface area contributed by atoms with Gasteiger partial charge in [0.05, 0.1) is 7.11 Å². The van der Waals surface area contributed by atoms with Gasteiger partial charge in [-0.25, -0.2) is 0 Å². The molecule has 1 unspecified atom stereocenters. The summed E-state index contributed by atoms with van der Waals surface area (Å²) >= 11 is 0. The molecule has 0 aliphatic carbocycles. The molecule has 14 heavy (non-hydrogen) atoms. The molecule has 0 heterocycles. The van der Waals surface area contributed by atoms with Gasteiger partial charge in [-0.15, -0.1) is 0 Å². The molecule has 0 aliphatic heterocycles. The van der Waals surface area contributed by atoms with Crippen molar-refractivity contribution in [3.63, 3.8) is 0 Å². The zero-order chi connectivity index (χ0) is 11.3. The summed E-state index contributed by atoms with van der Waals surface area (Å²) in [4.78, 5) is 22.4. The molecular weight excluding hydrogens is 180 g/mol. The van der Waals surface area contributed by atoms with Gasteiger partial charge in [0.1, 0.15) is 11.7 Å². The minimum atomic E-state index is -0.684. The molecule has 0 rings (SSSR count). The monoisotopic (exact) mass is 197 g/mol. The zero-order valence-electron chi connectivity index (χ0n) is 9.22. The average molecular weight is 197 g/mol. The molecule has 0 aliphatic rings. The molecule has 0 saturated heterocycles. The average Bonchev–Trinajstić information content (AvgIpc) is 2.11. The van der Waals surface area contributed by atoms with Crippen molar-refractivity contribution in [1.82, 2.24) is 0 Å². The first-order chi connectivity index (χ1) is 6.40. The number of carbonyl (C=O) groups is 2. The summed E-state index contributed by atoms with van der Waals surface area (Å²) in [5.41, 5.74) is 0. The number of Topliss-reactive ketones (excluding diaryl/α,β-unsaturated/α-hetero) is 1. The molecule has 79 valence electrons. The molecule has 0 aromatic rings. The van der Waals surface area contributed by atoms with E-state index in [0.29, 0.717) is 6.42 Å². The maximum absolute atomic E-state index is 11.2. The Balaban J connectivity index is 4.38. The molecule has 0 aromatic carbocycles. The van der Waals surface area contributed by atoms with Crippen molar-refractivity contribution in [2.45, 2.75) is 27.2 Å². The van der Waals surface area contributed by atoms with E-state index in [0.717, 1.165) is 11.8 Å². The Morgan fingerprint density at radius 3 is 2.07 bits per heavy atom. The lowest BCUT2D eigenvalue weighted by atomic mass is 9.86. The lowest BCUT2D eigenvalue weighted by Gasteiger charge is -2.18. The minimum absolute atomic E-state index is 0.169. The third-order valence-electron chi connectivity index (χ3n) is 2.22. The van der Waals surface area contributed by atoms with E-state index in [4.69, 9.17) is 0 Å². The highest BCUT2D eigenvalue weighted by molar-refractivity contribution is 5.97. The van der Waals surface area contributed by atoms with Crippen LogP contribution in [-0.4, -0.2) is 18.9 Å². The number of hydrogen-bond acceptors (Lipinski definition) is 3. The van der Waals surface area contributed by atoms with E-state index in [2.05, 4.69) is 11.7 Å². The summed E-state index contributed by atoms with van der Waals surface area (Å²) in [5.74, 6) is 0.517. The van der Waals surface area contributed by atoms with Gasteiger partial charge in [-0.05, 0) is 32.1 Å². The Bertz CT molecular complexity index is 209. The number of ether oxygens (including phenoxy) is 1. The molecule has 0 amide bonds. The van der Waals surface area contributed by atoms with Crippen molar-refractivity contribution in [2.24, 2.45) is 5.92 Å². The van der Waals surface area contributed by atoms with Crippen LogP contribution in [0.4, 0.5) is 0 Å². The number of esters is 1. The topological polar surface area (TPSA) is 43.4 Å². The molecule has 3 nitrogen and oxygen atoms in total. The predicted octanol–water partition coefficient (Wildman–Crippen LogP) is 1.78. The Labute approximate surface area is 85.8 Å². The highest BCUT2D eigenvalue weighted by Crippen LogP contribution is 2.24. The lowest BCUT2D eigenvalue weighted by molar-refractivity contribution is -0.149. The van der Waals surface area contributed by atoms with Gasteiger partial charge in [-0.2, -0.15) is 0 Å². The summed E-state index contributed by atoms with van der Waals surface area (Å²) in [6, 6.07) is 0. The van der Waals surface area contributed by atoms with Crippen molar-refractivity contribution in [1.29, 1.82) is 0 Å². The number of methoxy groups -OCH3 is 1. The summed E-state index contributed by atoms with van der Waals surface area (Å²) in [6.45, 7) is 8.86. The molecule has 0 N–H and O–H groups in total. The second-order valence-corrected chi connectivity index (χ2v) is 3.45. The van der Waals surface area contributed by atoms with Gasteiger partial charge in [-0.3, -0.25) is 9.59 Å². The van der Waals surface area contributed by atoms with Gasteiger partial charge in [0.25, 0.3) is 0 Å². The fraction of sp³-hybridized carbons (Fsp3) is 0.545. The molecule has 1 atom stereocenters. The van der Waals surface area contributed by atoms with Crippen LogP contribution in [0.1, 0.15) is 27.2 Å². The van der Waals surface area contributed by atoms with Crippen LogP contribution < -0.4 is 0 Å². The van der Waals surface area contributed by atoms with Crippen LogP contribution in [0.3, 0.4) is 0 Å². The third-order valence-corrected chi connectivity index (χ3v) is 2.22. The quantitative estimate of drug-likeness (QED) is 0.498. The van der Waals surface area contributed by atoms with E-state index < -0.39 is 11.9 Å². The largest absolute Gasteiger partial charge is 0.468 e. The van der Waals surface area contributed by atoms with Crippen LogP contribution in [0, 0.1) is 24.7 Å². The first kappa shape index (κ1) is 13.1. The fourth-order valence-corrected chi connectivity index (χ4v) is 1.02. The van der Waals surface area contributed by atoms with Crippen LogP contribution in [0.15, 0.2) is 0 Å². The molecule has 0 fully saturated rings. The van der Waals surface area contributed by atoms with Crippen molar-refractivity contribution in [3.05, 3.63) is 18.8 Å². The van der Waals surface area contributed by atoms with Crippen molar-refractivity contribution in [3.8, 4) is 0 Å². The van der Waals surface area contributed by atoms with Crippen LogP contribution in [0.5, 0.6) is 0 Å². The Morgan fingerprint density at radius 2 is 1.79 bits per heavy atom. The Kier molecular flexibility index (Phi) is 5.43. The van der Waals surface area contributed by atoms with Gasteiger partial charge in [0.15, 0.2) is 0 Å². The van der Waals surface area contributed by atoms with Gasteiger partial charge in [0, 0.05) is 0 Å². The Morgan fingerprint density at radius 1 is 1.29 bits per heavy atom. The van der Waals surface area contributed by atoms with E-state index in [9.17, 15) is 9.59 Å². The van der Waals surface area contributed by atoms with Crippen LogP contribution in [0.2, 0.25) is 0 Å². The maximum Gasteiger partial charge on any atom is 0.316 e. The van der Waals surface area contributed by atoms with E-state index in [-0.39, 0.29) is 5.78 Å². The third kappa shape index (κ3) is 3.90. The molecule has 0 bridgehead atoms. The smallest absolute Gasteiger partial charge is 0.316 e. The maximum atomic E-state index is 11.2. The second kappa shape index (κ2) is 5.78. The standard InChI is InChI=1S/C11H17O3/c1-7(2)8(3)6-10(9(4)12)11(13)14-5/h10H,1,6H2,2-5H3. The van der Waals surface area contributed by atoms with Gasteiger partial charge in [-0.1, -0.05) is 13.8 Å².